The molecule has 0 atom stereocenters. The third-order valence-electron chi connectivity index (χ3n) is 5.80. The maximum atomic E-state index is 13.4. The first kappa shape index (κ1) is 20.7. The number of thioether (sulfide) groups is 1. The molecule has 2 saturated heterocycles. The molecular formula is C22H23F2N3O2S. The fourth-order valence-corrected chi connectivity index (χ4v) is 5.56. The van der Waals surface area contributed by atoms with E-state index in [0.29, 0.717) is 32.5 Å². The Bertz CT molecular complexity index is 977. The molecule has 1 spiro atoms. The maximum absolute atomic E-state index is 13.4. The van der Waals surface area contributed by atoms with Crippen molar-refractivity contribution >= 4 is 29.4 Å². The summed E-state index contributed by atoms with van der Waals surface area (Å²) in [5.74, 6) is -1.04. The smallest absolute Gasteiger partial charge is 0.321 e. The number of amides is 3. The molecule has 30 heavy (non-hydrogen) atoms. The first-order chi connectivity index (χ1) is 14.4. The summed E-state index contributed by atoms with van der Waals surface area (Å²) in [7, 11) is 0. The van der Waals surface area contributed by atoms with E-state index >= 15 is 0 Å². The van der Waals surface area contributed by atoms with E-state index in [1.54, 1.807) is 16.7 Å². The Morgan fingerprint density at radius 2 is 1.77 bits per heavy atom. The number of aryl methyl sites for hydroxylation is 1. The highest BCUT2D eigenvalue weighted by molar-refractivity contribution is 8.00. The summed E-state index contributed by atoms with van der Waals surface area (Å²) in [6, 6.07) is 10.5. The third-order valence-corrected chi connectivity index (χ3v) is 7.35. The van der Waals surface area contributed by atoms with Gasteiger partial charge in [0, 0.05) is 42.7 Å². The summed E-state index contributed by atoms with van der Waals surface area (Å²) < 4.78 is 26.5. The van der Waals surface area contributed by atoms with Gasteiger partial charge < -0.3 is 15.1 Å². The fourth-order valence-electron chi connectivity index (χ4n) is 4.10. The van der Waals surface area contributed by atoms with Crippen LogP contribution in [0.1, 0.15) is 28.8 Å². The molecule has 2 aromatic rings. The summed E-state index contributed by atoms with van der Waals surface area (Å²) in [6.07, 6.45) is 1.33. The van der Waals surface area contributed by atoms with Gasteiger partial charge in [0.2, 0.25) is 0 Å². The quantitative estimate of drug-likeness (QED) is 0.763. The van der Waals surface area contributed by atoms with E-state index in [1.165, 1.54) is 6.07 Å². The van der Waals surface area contributed by atoms with Crippen molar-refractivity contribution in [2.24, 2.45) is 0 Å². The van der Waals surface area contributed by atoms with E-state index in [9.17, 15) is 18.4 Å². The van der Waals surface area contributed by atoms with E-state index in [0.717, 1.165) is 29.0 Å². The minimum Gasteiger partial charge on any atom is -0.324 e. The van der Waals surface area contributed by atoms with Gasteiger partial charge in [-0.3, -0.25) is 4.79 Å². The molecule has 4 rings (SSSR count). The van der Waals surface area contributed by atoms with E-state index in [-0.39, 0.29) is 22.5 Å². The SMILES string of the molecule is Cc1ccccc1C(=O)N1CCSC12CCN(C(=O)Nc1ccc(F)c(F)c1)CC2. The molecule has 0 unspecified atom stereocenters. The summed E-state index contributed by atoms with van der Waals surface area (Å²) in [6.45, 7) is 3.60. The number of hydrogen-bond acceptors (Lipinski definition) is 3. The Labute approximate surface area is 178 Å². The molecule has 5 nitrogen and oxygen atoms in total. The highest BCUT2D eigenvalue weighted by Gasteiger charge is 2.47. The number of piperidine rings is 1. The van der Waals surface area contributed by atoms with Crippen LogP contribution in [0.4, 0.5) is 19.3 Å². The number of nitrogens with one attached hydrogen (secondary N) is 1. The topological polar surface area (TPSA) is 52.7 Å². The zero-order chi connectivity index (χ0) is 21.3. The van der Waals surface area contributed by atoms with Crippen LogP contribution in [0.15, 0.2) is 42.5 Å². The Balaban J connectivity index is 1.42. The molecule has 3 amide bonds. The molecule has 0 saturated carbocycles. The Hall–Kier alpha value is -2.61. The summed E-state index contributed by atoms with van der Waals surface area (Å²) in [5.41, 5.74) is 1.89. The lowest BCUT2D eigenvalue weighted by Gasteiger charge is -2.44. The number of hydrogen-bond donors (Lipinski definition) is 1. The van der Waals surface area contributed by atoms with Gasteiger partial charge in [-0.2, -0.15) is 0 Å². The van der Waals surface area contributed by atoms with Gasteiger partial charge in [-0.25, -0.2) is 13.6 Å². The lowest BCUT2D eigenvalue weighted by molar-refractivity contribution is 0.0585. The Morgan fingerprint density at radius 1 is 1.03 bits per heavy atom. The molecule has 0 aromatic heterocycles. The number of nitrogens with zero attached hydrogens (tertiary/aromatic N) is 2. The van der Waals surface area contributed by atoms with Crippen LogP contribution in [0.5, 0.6) is 0 Å². The van der Waals surface area contributed by atoms with E-state index < -0.39 is 11.6 Å². The molecule has 0 bridgehead atoms. The largest absolute Gasteiger partial charge is 0.324 e. The molecule has 2 aliphatic heterocycles. The van der Waals surface area contributed by atoms with Gasteiger partial charge in [0.25, 0.3) is 5.91 Å². The first-order valence-electron chi connectivity index (χ1n) is 9.92. The summed E-state index contributed by atoms with van der Waals surface area (Å²) in [4.78, 5) is 29.1. The van der Waals surface area contributed by atoms with Gasteiger partial charge in [-0.05, 0) is 43.5 Å². The number of anilines is 1. The average molecular weight is 432 g/mol. The first-order valence-corrected chi connectivity index (χ1v) is 10.9. The van der Waals surface area contributed by atoms with Crippen LogP contribution in [-0.2, 0) is 0 Å². The Morgan fingerprint density at radius 3 is 2.47 bits per heavy atom. The second kappa shape index (κ2) is 8.26. The highest BCUT2D eigenvalue weighted by atomic mass is 32.2. The lowest BCUT2D eigenvalue weighted by Crippen LogP contribution is -2.54. The Kier molecular flexibility index (Phi) is 5.69. The van der Waals surface area contributed by atoms with Crippen LogP contribution >= 0.6 is 11.8 Å². The number of urea groups is 1. The van der Waals surface area contributed by atoms with Gasteiger partial charge in [0.15, 0.2) is 11.6 Å². The van der Waals surface area contributed by atoms with Crippen LogP contribution in [0.25, 0.3) is 0 Å². The van der Waals surface area contributed by atoms with E-state index in [1.807, 2.05) is 36.1 Å². The predicted octanol–water partition coefficient (Wildman–Crippen LogP) is 4.49. The van der Waals surface area contributed by atoms with Crippen LogP contribution in [0, 0.1) is 18.6 Å². The second-order valence-corrected chi connectivity index (χ2v) is 9.07. The summed E-state index contributed by atoms with van der Waals surface area (Å²) in [5, 5.41) is 2.62. The number of likely N-dealkylation sites (tertiary alicyclic amines) is 1. The average Bonchev–Trinajstić information content (AvgIpc) is 3.14. The van der Waals surface area contributed by atoms with Crippen molar-refractivity contribution < 1.29 is 18.4 Å². The van der Waals surface area contributed by atoms with Crippen molar-refractivity contribution in [2.45, 2.75) is 24.6 Å². The highest BCUT2D eigenvalue weighted by Crippen LogP contribution is 2.44. The van der Waals surface area contributed by atoms with Gasteiger partial charge in [-0.1, -0.05) is 18.2 Å². The zero-order valence-electron chi connectivity index (χ0n) is 16.7. The number of rotatable bonds is 2. The van der Waals surface area contributed by atoms with Crippen molar-refractivity contribution in [3.05, 3.63) is 65.2 Å². The number of benzene rings is 2. The standard InChI is InChI=1S/C22H23F2N3O2S/c1-15-4-2-3-5-17(15)20(28)27-12-13-30-22(27)8-10-26(11-9-22)21(29)25-16-6-7-18(23)19(24)14-16/h2-7,14H,8-13H2,1H3,(H,25,29). The zero-order valence-corrected chi connectivity index (χ0v) is 17.5. The molecule has 158 valence electrons. The molecule has 0 radical (unpaired) electrons. The predicted molar refractivity (Wildman–Crippen MR) is 114 cm³/mol. The van der Waals surface area contributed by atoms with Crippen LogP contribution < -0.4 is 5.32 Å². The molecule has 2 aromatic carbocycles. The van der Waals surface area contributed by atoms with Crippen molar-refractivity contribution in [3.8, 4) is 0 Å². The molecule has 2 heterocycles. The third kappa shape index (κ3) is 3.88. The van der Waals surface area contributed by atoms with Crippen molar-refractivity contribution in [1.82, 2.24) is 9.80 Å². The monoisotopic (exact) mass is 431 g/mol. The second-order valence-electron chi connectivity index (χ2n) is 7.61. The molecule has 8 heteroatoms. The molecule has 0 aliphatic carbocycles. The number of halogens is 2. The minimum atomic E-state index is -1.00. The normalized spacial score (nSPS) is 18.0. The van der Waals surface area contributed by atoms with Gasteiger partial charge >= 0.3 is 6.03 Å². The molecule has 2 fully saturated rings. The van der Waals surface area contributed by atoms with Gasteiger partial charge in [0.05, 0.1) is 4.87 Å². The van der Waals surface area contributed by atoms with Crippen LogP contribution in [0.3, 0.4) is 0 Å². The maximum Gasteiger partial charge on any atom is 0.321 e. The molecule has 1 N–H and O–H groups in total. The summed E-state index contributed by atoms with van der Waals surface area (Å²) >= 11 is 1.78. The lowest BCUT2D eigenvalue weighted by atomic mass is 10.00. The van der Waals surface area contributed by atoms with Crippen molar-refractivity contribution in [2.75, 3.05) is 30.7 Å². The fraction of sp³-hybridized carbons (Fsp3) is 0.364. The molecular weight excluding hydrogens is 408 g/mol. The van der Waals surface area contributed by atoms with Gasteiger partial charge in [-0.15, -0.1) is 11.8 Å². The number of carbonyl (C=O) groups is 2. The molecule has 2 aliphatic rings. The van der Waals surface area contributed by atoms with Crippen molar-refractivity contribution in [3.63, 3.8) is 0 Å². The number of carbonyl (C=O) groups excluding carboxylic acids is 2. The van der Waals surface area contributed by atoms with Crippen LogP contribution in [-0.4, -0.2) is 52.0 Å². The van der Waals surface area contributed by atoms with E-state index in [2.05, 4.69) is 5.32 Å². The van der Waals surface area contributed by atoms with Crippen molar-refractivity contribution in [1.29, 1.82) is 0 Å². The minimum absolute atomic E-state index is 0.0396. The van der Waals surface area contributed by atoms with Gasteiger partial charge in [0.1, 0.15) is 0 Å². The van der Waals surface area contributed by atoms with Crippen LogP contribution in [0.2, 0.25) is 0 Å². The van der Waals surface area contributed by atoms with E-state index in [4.69, 9.17) is 0 Å².